The number of carboxylic acids is 2. The lowest BCUT2D eigenvalue weighted by Gasteiger charge is -2.63. The number of hydrogen-bond donors (Lipinski definition) is 4. The van der Waals surface area contributed by atoms with E-state index in [-0.39, 0.29) is 16.9 Å². The van der Waals surface area contributed by atoms with Gasteiger partial charge in [0.05, 0.1) is 11.8 Å². The Morgan fingerprint density at radius 1 is 0.971 bits per heavy atom. The Morgan fingerprint density at radius 2 is 1.60 bits per heavy atom. The minimum atomic E-state index is -1.26. The highest BCUT2D eigenvalue weighted by Gasteiger charge is 2.62. The van der Waals surface area contributed by atoms with Crippen LogP contribution in [-0.4, -0.2) is 52.2 Å². The molecule has 0 aliphatic heterocycles. The van der Waals surface area contributed by atoms with Crippen molar-refractivity contribution in [2.75, 3.05) is 13.2 Å². The van der Waals surface area contributed by atoms with Gasteiger partial charge in [0, 0.05) is 24.1 Å². The van der Waals surface area contributed by atoms with Crippen molar-refractivity contribution in [3.05, 3.63) is 12.2 Å². The molecule has 0 aromatic carbocycles. The number of oxime groups is 1. The lowest BCUT2D eigenvalue weighted by atomic mass is 9.41. The summed E-state index contributed by atoms with van der Waals surface area (Å²) in [5, 5.41) is 30.8. The minimum Gasteiger partial charge on any atom is -0.478 e. The average molecular weight is 493 g/mol. The Bertz CT molecular complexity index is 839. The molecule has 0 saturated heterocycles. The van der Waals surface area contributed by atoms with E-state index >= 15 is 0 Å². The van der Waals surface area contributed by atoms with Crippen molar-refractivity contribution >= 4 is 17.7 Å². The standard InChI is InChI=1S/C23H40N2O2.C4H4O4/c1-21(2)18-7-5-15-16-6-8-20(26)23(16,4)11-9-17(15)22(18,3)12-10-19(21)25-27-14-13-24;5-3(6)1-2-4(7)8/h15-18,20,26H,5-14,24H2,1-4H3;1-2H,(H,5,6)(H,7,8)/b25-19+;2-1+/t15-,16-,17-,18?,20-,22+,23-;/m0./s1. The summed E-state index contributed by atoms with van der Waals surface area (Å²) in [5.41, 5.74) is 7.48. The van der Waals surface area contributed by atoms with E-state index in [0.717, 1.165) is 30.6 Å². The maximum Gasteiger partial charge on any atom is 0.328 e. The van der Waals surface area contributed by atoms with Gasteiger partial charge in [-0.15, -0.1) is 0 Å². The van der Waals surface area contributed by atoms with Crippen molar-refractivity contribution in [1.82, 2.24) is 0 Å². The zero-order valence-corrected chi connectivity index (χ0v) is 21.7. The molecule has 5 N–H and O–H groups in total. The highest BCUT2D eigenvalue weighted by atomic mass is 16.6. The molecule has 198 valence electrons. The van der Waals surface area contributed by atoms with Crippen LogP contribution < -0.4 is 5.73 Å². The maximum absolute atomic E-state index is 10.7. The third-order valence-corrected chi connectivity index (χ3v) is 10.1. The predicted molar refractivity (Wildman–Crippen MR) is 134 cm³/mol. The molecule has 4 aliphatic rings. The molecule has 4 rings (SSSR count). The first-order chi connectivity index (χ1) is 16.4. The highest BCUT2D eigenvalue weighted by Crippen LogP contribution is 2.68. The number of nitrogens with zero attached hydrogens (tertiary/aromatic N) is 1. The van der Waals surface area contributed by atoms with Crippen LogP contribution in [0.4, 0.5) is 0 Å². The van der Waals surface area contributed by atoms with E-state index in [0.29, 0.717) is 36.6 Å². The summed E-state index contributed by atoms with van der Waals surface area (Å²) in [6.07, 6.45) is 10.7. The van der Waals surface area contributed by atoms with E-state index in [1.54, 1.807) is 0 Å². The van der Waals surface area contributed by atoms with Gasteiger partial charge < -0.3 is 25.9 Å². The molecule has 4 fully saturated rings. The molecule has 0 amide bonds. The molecule has 0 radical (unpaired) electrons. The summed E-state index contributed by atoms with van der Waals surface area (Å²) in [4.78, 5) is 24.6. The van der Waals surface area contributed by atoms with Crippen molar-refractivity contribution < 1.29 is 29.7 Å². The number of aliphatic hydroxyl groups is 1. The summed E-state index contributed by atoms with van der Waals surface area (Å²) in [6, 6.07) is 0. The third-order valence-electron chi connectivity index (χ3n) is 10.1. The molecule has 0 aromatic rings. The number of aliphatic hydroxyl groups excluding tert-OH is 1. The van der Waals surface area contributed by atoms with Gasteiger partial charge in [0.1, 0.15) is 6.61 Å². The molecule has 7 atom stereocenters. The van der Waals surface area contributed by atoms with E-state index in [2.05, 4.69) is 32.9 Å². The molecule has 35 heavy (non-hydrogen) atoms. The van der Waals surface area contributed by atoms with E-state index in [9.17, 15) is 14.7 Å². The van der Waals surface area contributed by atoms with E-state index in [1.807, 2.05) is 0 Å². The predicted octanol–water partition coefficient (Wildman–Crippen LogP) is 4.07. The maximum atomic E-state index is 10.7. The van der Waals surface area contributed by atoms with Gasteiger partial charge >= 0.3 is 11.9 Å². The van der Waals surface area contributed by atoms with Crippen LogP contribution >= 0.6 is 0 Å². The molecule has 0 bridgehead atoms. The first kappa shape index (κ1) is 27.7. The first-order valence-electron chi connectivity index (χ1n) is 13.1. The van der Waals surface area contributed by atoms with Crippen LogP contribution in [0.1, 0.15) is 79.1 Å². The normalized spacial score (nSPS) is 40.7. The van der Waals surface area contributed by atoms with Gasteiger partial charge in [-0.1, -0.05) is 32.9 Å². The summed E-state index contributed by atoms with van der Waals surface area (Å²) in [5.74, 6) is 0.515. The van der Waals surface area contributed by atoms with Crippen LogP contribution in [0.2, 0.25) is 0 Å². The Labute approximate surface area is 209 Å². The molecule has 4 aliphatic carbocycles. The fraction of sp³-hybridized carbons (Fsp3) is 0.815. The van der Waals surface area contributed by atoms with Crippen LogP contribution in [0.25, 0.3) is 0 Å². The van der Waals surface area contributed by atoms with E-state index in [4.69, 9.17) is 20.8 Å². The van der Waals surface area contributed by atoms with Gasteiger partial charge in [0.2, 0.25) is 0 Å². The molecular formula is C27H44N2O6. The Morgan fingerprint density at radius 3 is 2.20 bits per heavy atom. The number of hydrogen-bond acceptors (Lipinski definition) is 6. The molecule has 0 spiro atoms. The van der Waals surface area contributed by atoms with Crippen LogP contribution in [0.5, 0.6) is 0 Å². The van der Waals surface area contributed by atoms with Gasteiger partial charge in [0.15, 0.2) is 0 Å². The van der Waals surface area contributed by atoms with Crippen molar-refractivity contribution in [3.8, 4) is 0 Å². The van der Waals surface area contributed by atoms with Gasteiger partial charge in [0.25, 0.3) is 0 Å². The number of fused-ring (bicyclic) bond motifs is 5. The van der Waals surface area contributed by atoms with Crippen molar-refractivity contribution in [3.63, 3.8) is 0 Å². The number of aliphatic carboxylic acids is 2. The summed E-state index contributed by atoms with van der Waals surface area (Å²) in [6.45, 7) is 10.8. The Balaban J connectivity index is 0.000000371. The molecule has 0 heterocycles. The summed E-state index contributed by atoms with van der Waals surface area (Å²) < 4.78 is 0. The van der Waals surface area contributed by atoms with Crippen molar-refractivity contribution in [2.45, 2.75) is 85.2 Å². The third kappa shape index (κ3) is 5.29. The number of rotatable bonds is 5. The van der Waals surface area contributed by atoms with Gasteiger partial charge in [-0.3, -0.25) is 0 Å². The van der Waals surface area contributed by atoms with Gasteiger partial charge in [-0.25, -0.2) is 9.59 Å². The SMILES string of the molecule is CC1(C)/C(=N/OCCN)CC[C@@]2(C)C1CC[C@H]1[C@@H]3CC[C@H](O)[C@@]3(C)CC[C@@H]12.O=C(O)/C=C/C(=O)O. The van der Waals surface area contributed by atoms with Crippen LogP contribution in [0.3, 0.4) is 0 Å². The summed E-state index contributed by atoms with van der Waals surface area (Å²) in [7, 11) is 0. The lowest BCUT2D eigenvalue weighted by molar-refractivity contribution is -0.134. The zero-order valence-electron chi connectivity index (χ0n) is 21.7. The van der Waals surface area contributed by atoms with Crippen LogP contribution in [0.15, 0.2) is 17.3 Å². The fourth-order valence-corrected chi connectivity index (χ4v) is 8.37. The number of nitrogens with two attached hydrogens (primary N) is 1. The molecule has 8 heteroatoms. The average Bonchev–Trinajstić information content (AvgIpc) is 3.09. The lowest BCUT2D eigenvalue weighted by Crippen LogP contribution is -2.58. The summed E-state index contributed by atoms with van der Waals surface area (Å²) >= 11 is 0. The molecule has 4 saturated carbocycles. The number of carboxylic acid groups (broad SMARTS) is 2. The molecule has 0 aromatic heterocycles. The van der Waals surface area contributed by atoms with Crippen LogP contribution in [0, 0.1) is 39.9 Å². The van der Waals surface area contributed by atoms with Crippen LogP contribution in [-0.2, 0) is 14.4 Å². The Hall–Kier alpha value is -1.93. The molecule has 8 nitrogen and oxygen atoms in total. The molecular weight excluding hydrogens is 448 g/mol. The second-order valence-corrected chi connectivity index (χ2v) is 12.0. The highest BCUT2D eigenvalue weighted by molar-refractivity contribution is 5.90. The van der Waals surface area contributed by atoms with E-state index < -0.39 is 11.9 Å². The smallest absolute Gasteiger partial charge is 0.328 e. The second kappa shape index (κ2) is 10.6. The van der Waals surface area contributed by atoms with Gasteiger partial charge in [-0.05, 0) is 85.9 Å². The zero-order chi connectivity index (χ0) is 26.0. The first-order valence-corrected chi connectivity index (χ1v) is 13.1. The minimum absolute atomic E-state index is 0.0739. The van der Waals surface area contributed by atoms with Crippen molar-refractivity contribution in [2.24, 2.45) is 50.8 Å². The fourth-order valence-electron chi connectivity index (χ4n) is 8.37. The quantitative estimate of drug-likeness (QED) is 0.257. The number of carbonyl (C=O) groups is 2. The van der Waals surface area contributed by atoms with Crippen molar-refractivity contribution in [1.29, 1.82) is 0 Å². The van der Waals surface area contributed by atoms with Gasteiger partial charge in [-0.2, -0.15) is 0 Å². The largest absolute Gasteiger partial charge is 0.478 e. The Kier molecular flexibility index (Phi) is 8.37. The van der Waals surface area contributed by atoms with E-state index in [1.165, 1.54) is 44.2 Å². The molecule has 1 unspecified atom stereocenters. The monoisotopic (exact) mass is 492 g/mol. The second-order valence-electron chi connectivity index (χ2n) is 12.0. The topological polar surface area (TPSA) is 142 Å².